The van der Waals surface area contributed by atoms with Crippen LogP contribution in [0.25, 0.3) is 0 Å². The fourth-order valence-electron chi connectivity index (χ4n) is 2.12. The van der Waals surface area contributed by atoms with Crippen LogP contribution in [-0.2, 0) is 0 Å². The molecule has 3 heteroatoms. The standard InChI is InChI=1S/C10H16N2.ClH/c11-10(8-4-1-2-5-8)9-6-3-7-12-9;/h3,6-8,10,12H,1-2,4-5,11H2;1H/t10-;/m0./s1. The van der Waals surface area contributed by atoms with E-state index < -0.39 is 0 Å². The molecular formula is C10H17ClN2. The Labute approximate surface area is 85.3 Å². The third kappa shape index (κ3) is 2.26. The van der Waals surface area contributed by atoms with E-state index in [9.17, 15) is 0 Å². The van der Waals surface area contributed by atoms with Crippen molar-refractivity contribution in [2.75, 3.05) is 0 Å². The van der Waals surface area contributed by atoms with Gasteiger partial charge in [-0.3, -0.25) is 0 Å². The number of nitrogens with two attached hydrogens (primary N) is 1. The number of hydrogen-bond donors (Lipinski definition) is 2. The molecule has 1 aliphatic rings. The Morgan fingerprint density at radius 3 is 2.62 bits per heavy atom. The maximum Gasteiger partial charge on any atom is 0.0476 e. The minimum absolute atomic E-state index is 0. The van der Waals surface area contributed by atoms with Gasteiger partial charge in [-0.25, -0.2) is 0 Å². The molecule has 2 nitrogen and oxygen atoms in total. The van der Waals surface area contributed by atoms with Crippen molar-refractivity contribution in [3.05, 3.63) is 24.0 Å². The zero-order valence-electron chi connectivity index (χ0n) is 7.70. The summed E-state index contributed by atoms with van der Waals surface area (Å²) >= 11 is 0. The molecule has 74 valence electrons. The maximum absolute atomic E-state index is 6.11. The fraction of sp³-hybridized carbons (Fsp3) is 0.600. The van der Waals surface area contributed by atoms with Crippen LogP contribution >= 0.6 is 12.4 Å². The van der Waals surface area contributed by atoms with Crippen LogP contribution < -0.4 is 5.73 Å². The zero-order chi connectivity index (χ0) is 8.39. The second kappa shape index (κ2) is 4.68. The molecule has 1 aromatic heterocycles. The molecule has 0 aliphatic heterocycles. The van der Waals surface area contributed by atoms with Crippen LogP contribution in [0, 0.1) is 5.92 Å². The van der Waals surface area contributed by atoms with E-state index in [-0.39, 0.29) is 18.4 Å². The quantitative estimate of drug-likeness (QED) is 0.757. The molecule has 1 atom stereocenters. The molecule has 0 amide bonds. The van der Waals surface area contributed by atoms with E-state index in [1.165, 1.54) is 31.4 Å². The van der Waals surface area contributed by atoms with Crippen LogP contribution in [0.5, 0.6) is 0 Å². The first-order valence-electron chi connectivity index (χ1n) is 4.77. The normalized spacial score (nSPS) is 19.8. The van der Waals surface area contributed by atoms with Crippen LogP contribution in [0.2, 0.25) is 0 Å². The number of aromatic amines is 1. The van der Waals surface area contributed by atoms with Gasteiger partial charge in [0, 0.05) is 17.9 Å². The first-order chi connectivity index (χ1) is 5.88. The first-order valence-corrected chi connectivity index (χ1v) is 4.77. The lowest BCUT2D eigenvalue weighted by molar-refractivity contribution is 0.438. The monoisotopic (exact) mass is 200 g/mol. The molecule has 0 radical (unpaired) electrons. The van der Waals surface area contributed by atoms with Crippen molar-refractivity contribution in [3.63, 3.8) is 0 Å². The highest BCUT2D eigenvalue weighted by atomic mass is 35.5. The summed E-state index contributed by atoms with van der Waals surface area (Å²) in [6.45, 7) is 0. The summed E-state index contributed by atoms with van der Waals surface area (Å²) in [5.74, 6) is 0.712. The number of aromatic nitrogens is 1. The van der Waals surface area contributed by atoms with E-state index in [0.29, 0.717) is 5.92 Å². The van der Waals surface area contributed by atoms with Crippen molar-refractivity contribution in [2.45, 2.75) is 31.7 Å². The predicted octanol–water partition coefficient (Wildman–Crippen LogP) is 2.63. The van der Waals surface area contributed by atoms with Crippen molar-refractivity contribution in [1.82, 2.24) is 4.98 Å². The highest BCUT2D eigenvalue weighted by Crippen LogP contribution is 2.33. The van der Waals surface area contributed by atoms with Crippen LogP contribution in [0.15, 0.2) is 18.3 Å². The van der Waals surface area contributed by atoms with Crippen LogP contribution in [-0.4, -0.2) is 4.98 Å². The topological polar surface area (TPSA) is 41.8 Å². The molecule has 0 unspecified atom stereocenters. The molecule has 1 aromatic rings. The molecule has 13 heavy (non-hydrogen) atoms. The van der Waals surface area contributed by atoms with E-state index in [0.717, 1.165) is 0 Å². The summed E-state index contributed by atoms with van der Waals surface area (Å²) in [6, 6.07) is 4.34. The van der Waals surface area contributed by atoms with Gasteiger partial charge in [0.2, 0.25) is 0 Å². The maximum atomic E-state index is 6.11. The lowest BCUT2D eigenvalue weighted by Crippen LogP contribution is -2.19. The highest BCUT2D eigenvalue weighted by Gasteiger charge is 2.23. The SMILES string of the molecule is Cl.N[C@H](c1ccc[nH]1)C1CCCC1. The van der Waals surface area contributed by atoms with Crippen molar-refractivity contribution in [2.24, 2.45) is 11.7 Å². The summed E-state index contributed by atoms with van der Waals surface area (Å²) in [5, 5.41) is 0. The molecule has 1 aliphatic carbocycles. The number of hydrogen-bond acceptors (Lipinski definition) is 1. The van der Waals surface area contributed by atoms with Gasteiger partial charge >= 0.3 is 0 Å². The van der Waals surface area contributed by atoms with Gasteiger partial charge in [-0.05, 0) is 30.9 Å². The fourth-order valence-corrected chi connectivity index (χ4v) is 2.12. The smallest absolute Gasteiger partial charge is 0.0476 e. The van der Waals surface area contributed by atoms with E-state index in [1.807, 2.05) is 12.3 Å². The summed E-state index contributed by atoms with van der Waals surface area (Å²) in [6.07, 6.45) is 7.28. The summed E-state index contributed by atoms with van der Waals surface area (Å²) < 4.78 is 0. The highest BCUT2D eigenvalue weighted by molar-refractivity contribution is 5.85. The van der Waals surface area contributed by atoms with Gasteiger partial charge in [-0.2, -0.15) is 0 Å². The van der Waals surface area contributed by atoms with E-state index in [2.05, 4.69) is 11.1 Å². The average molecular weight is 201 g/mol. The van der Waals surface area contributed by atoms with Crippen molar-refractivity contribution >= 4 is 12.4 Å². The lowest BCUT2D eigenvalue weighted by Gasteiger charge is -2.16. The summed E-state index contributed by atoms with van der Waals surface area (Å²) in [5.41, 5.74) is 7.31. The Hall–Kier alpha value is -0.470. The Kier molecular flexibility index (Phi) is 3.82. The second-order valence-electron chi connectivity index (χ2n) is 3.70. The first kappa shape index (κ1) is 10.6. The molecule has 1 saturated carbocycles. The third-order valence-electron chi connectivity index (χ3n) is 2.89. The van der Waals surface area contributed by atoms with Crippen molar-refractivity contribution in [3.8, 4) is 0 Å². The number of H-pyrrole nitrogens is 1. The van der Waals surface area contributed by atoms with Gasteiger partial charge in [0.15, 0.2) is 0 Å². The Balaban J connectivity index is 0.000000845. The molecule has 3 N–H and O–H groups in total. The molecular weight excluding hydrogens is 184 g/mol. The Morgan fingerprint density at radius 2 is 2.08 bits per heavy atom. The molecule has 0 saturated heterocycles. The second-order valence-corrected chi connectivity index (χ2v) is 3.70. The predicted molar refractivity (Wildman–Crippen MR) is 56.9 cm³/mol. The van der Waals surface area contributed by atoms with Gasteiger partial charge in [-0.15, -0.1) is 12.4 Å². The lowest BCUT2D eigenvalue weighted by atomic mass is 9.96. The number of halogens is 1. The van der Waals surface area contributed by atoms with E-state index in [4.69, 9.17) is 5.73 Å². The van der Waals surface area contributed by atoms with Crippen LogP contribution in [0.3, 0.4) is 0 Å². The molecule has 0 bridgehead atoms. The summed E-state index contributed by atoms with van der Waals surface area (Å²) in [7, 11) is 0. The molecule has 0 aromatic carbocycles. The zero-order valence-corrected chi connectivity index (χ0v) is 8.52. The van der Waals surface area contributed by atoms with Gasteiger partial charge in [0.25, 0.3) is 0 Å². The average Bonchev–Trinajstić information content (AvgIpc) is 2.77. The molecule has 2 rings (SSSR count). The van der Waals surface area contributed by atoms with Crippen LogP contribution in [0.1, 0.15) is 37.4 Å². The van der Waals surface area contributed by atoms with Gasteiger partial charge < -0.3 is 10.7 Å². The van der Waals surface area contributed by atoms with E-state index in [1.54, 1.807) is 0 Å². The third-order valence-corrected chi connectivity index (χ3v) is 2.89. The minimum atomic E-state index is 0. The van der Waals surface area contributed by atoms with Crippen LogP contribution in [0.4, 0.5) is 0 Å². The Morgan fingerprint density at radius 1 is 1.38 bits per heavy atom. The Bertz CT molecular complexity index is 227. The number of rotatable bonds is 2. The van der Waals surface area contributed by atoms with Crippen molar-refractivity contribution in [1.29, 1.82) is 0 Å². The largest absolute Gasteiger partial charge is 0.364 e. The minimum Gasteiger partial charge on any atom is -0.364 e. The summed E-state index contributed by atoms with van der Waals surface area (Å²) in [4.78, 5) is 3.19. The van der Waals surface area contributed by atoms with Gasteiger partial charge in [0.05, 0.1) is 0 Å². The van der Waals surface area contributed by atoms with Gasteiger partial charge in [-0.1, -0.05) is 12.8 Å². The number of nitrogens with one attached hydrogen (secondary N) is 1. The molecule has 1 fully saturated rings. The van der Waals surface area contributed by atoms with Gasteiger partial charge in [0.1, 0.15) is 0 Å². The van der Waals surface area contributed by atoms with Crippen molar-refractivity contribution < 1.29 is 0 Å². The van der Waals surface area contributed by atoms with E-state index >= 15 is 0 Å². The molecule has 0 spiro atoms. The molecule has 1 heterocycles.